The molecule has 0 saturated heterocycles. The first-order valence-electron chi connectivity index (χ1n) is 16.4. The minimum atomic E-state index is -1.84. The predicted octanol–water partition coefficient (Wildman–Crippen LogP) is 5.88. The van der Waals surface area contributed by atoms with Crippen LogP contribution in [0.5, 0.6) is 5.75 Å². The molecule has 0 fully saturated rings. The van der Waals surface area contributed by atoms with E-state index in [0.717, 1.165) is 14.8 Å². The lowest BCUT2D eigenvalue weighted by molar-refractivity contribution is -0.186. The second kappa shape index (κ2) is 21.8. The van der Waals surface area contributed by atoms with Crippen LogP contribution in [0.1, 0.15) is 71.1 Å². The Hall–Kier alpha value is -2.40. The molecule has 14 heteroatoms. The highest BCUT2D eigenvalue weighted by Gasteiger charge is 2.35. The van der Waals surface area contributed by atoms with Gasteiger partial charge in [0, 0.05) is 34.2 Å². The standard InChI is InChI=1S/C36H50ClIN2O9S/c1-22(2)18-29(34(44)45)48-35(46)36(4,5)21-39-33(43)27(20-24-16-17-28(47-6)26(37)19-24)40-30(41)15-11-10-12-23(3)32(49-50-38)31(42)25-13-8-7-9-14-25/h7-9,11,13-17,19,22-23,27,29,31-32,34,42,44-45H,10,12,18,20-21H2,1-6H3,(H,39,43)(H,40,41)/b15-11+/t23?,27-,29?,31?,32+/m1/s1. The molecule has 0 radical (unpaired) electrons. The number of nitrogens with one attached hydrogen (secondary N) is 2. The zero-order valence-electron chi connectivity index (χ0n) is 29.3. The number of ether oxygens (including phenoxy) is 2. The molecule has 0 aliphatic heterocycles. The normalized spacial score (nSPS) is 15.0. The Kier molecular flexibility index (Phi) is 19.1. The Bertz CT molecular complexity index is 1400. The molecule has 0 aromatic heterocycles. The van der Waals surface area contributed by atoms with Crippen LogP contribution >= 0.6 is 42.0 Å². The van der Waals surface area contributed by atoms with Crippen LogP contribution in [0.2, 0.25) is 5.02 Å². The van der Waals surface area contributed by atoms with Crippen LogP contribution < -0.4 is 15.4 Å². The molecule has 2 amide bonds. The third kappa shape index (κ3) is 14.7. The lowest BCUT2D eigenvalue weighted by Gasteiger charge is -2.29. The summed E-state index contributed by atoms with van der Waals surface area (Å²) < 4.78 is 16.4. The number of halogens is 2. The number of hydrogen-bond donors (Lipinski definition) is 5. The number of benzene rings is 2. The largest absolute Gasteiger partial charge is 0.495 e. The van der Waals surface area contributed by atoms with Gasteiger partial charge in [-0.3, -0.25) is 18.6 Å². The van der Waals surface area contributed by atoms with Crippen LogP contribution in [0.15, 0.2) is 60.7 Å². The molecule has 0 spiro atoms. The van der Waals surface area contributed by atoms with Gasteiger partial charge in [0.1, 0.15) is 24.0 Å². The highest BCUT2D eigenvalue weighted by Crippen LogP contribution is 2.32. The Morgan fingerprint density at radius 1 is 1.06 bits per heavy atom. The minimum Gasteiger partial charge on any atom is -0.495 e. The van der Waals surface area contributed by atoms with Crippen LogP contribution in [0.4, 0.5) is 0 Å². The third-order valence-electron chi connectivity index (χ3n) is 8.06. The van der Waals surface area contributed by atoms with Crippen LogP contribution in [0.3, 0.4) is 0 Å². The van der Waals surface area contributed by atoms with Gasteiger partial charge in [-0.1, -0.05) is 74.8 Å². The summed E-state index contributed by atoms with van der Waals surface area (Å²) >= 11 is 8.34. The van der Waals surface area contributed by atoms with Crippen molar-refractivity contribution in [3.05, 3.63) is 76.8 Å². The van der Waals surface area contributed by atoms with Crippen molar-refractivity contribution < 1.29 is 43.4 Å². The molecule has 50 heavy (non-hydrogen) atoms. The van der Waals surface area contributed by atoms with Gasteiger partial charge in [-0.2, -0.15) is 0 Å². The van der Waals surface area contributed by atoms with Gasteiger partial charge in [0.15, 0.2) is 12.4 Å². The van der Waals surface area contributed by atoms with Gasteiger partial charge in [0.25, 0.3) is 0 Å². The SMILES string of the molecule is COc1ccc(C[C@@H](NC(=O)/C=C/CCC(C)[C@H](OSI)C(O)c2ccccc2)C(=O)NCC(C)(C)C(=O)OC(CC(C)C)C(O)O)cc1Cl. The molecule has 5 N–H and O–H groups in total. The first-order chi connectivity index (χ1) is 23.6. The number of aliphatic hydroxyl groups is 3. The van der Waals surface area contributed by atoms with E-state index >= 15 is 0 Å². The molecule has 0 heterocycles. The molecular formula is C36H50ClIN2O9S. The summed E-state index contributed by atoms with van der Waals surface area (Å²) in [6.45, 7) is 8.70. The molecule has 0 aliphatic rings. The highest BCUT2D eigenvalue weighted by molar-refractivity contribution is 14.2. The zero-order chi connectivity index (χ0) is 37.4. The fraction of sp³-hybridized carbons (Fsp3) is 0.528. The maximum absolute atomic E-state index is 13.5. The maximum atomic E-state index is 13.5. The van der Waals surface area contributed by atoms with E-state index in [9.17, 15) is 29.7 Å². The van der Waals surface area contributed by atoms with Gasteiger partial charge in [-0.25, -0.2) is 0 Å². The molecule has 0 aliphatic carbocycles. The Balaban J connectivity index is 2.11. The highest BCUT2D eigenvalue weighted by atomic mass is 127. The van der Waals surface area contributed by atoms with Gasteiger partial charge in [0.05, 0.1) is 26.8 Å². The number of hydrogen-bond acceptors (Lipinski definition) is 10. The van der Waals surface area contributed by atoms with Crippen molar-refractivity contribution in [3.8, 4) is 5.75 Å². The third-order valence-corrected chi connectivity index (χ3v) is 9.27. The second-order valence-corrected chi connectivity index (χ2v) is 15.1. The number of methoxy groups -OCH3 is 1. The summed E-state index contributed by atoms with van der Waals surface area (Å²) in [6, 6.07) is 13.3. The number of carbonyl (C=O) groups excluding carboxylic acids is 3. The van der Waals surface area contributed by atoms with E-state index in [1.807, 2.05) is 72.3 Å². The molecule has 2 aromatic rings. The van der Waals surface area contributed by atoms with Gasteiger partial charge < -0.3 is 35.4 Å². The molecular weight excluding hydrogens is 799 g/mol. The molecule has 3 unspecified atom stereocenters. The fourth-order valence-electron chi connectivity index (χ4n) is 5.05. The number of aliphatic hydroxyl groups excluding tert-OH is 2. The van der Waals surface area contributed by atoms with Gasteiger partial charge in [-0.15, -0.1) is 0 Å². The van der Waals surface area contributed by atoms with Crippen LogP contribution in [0.25, 0.3) is 0 Å². The smallest absolute Gasteiger partial charge is 0.313 e. The lowest BCUT2D eigenvalue weighted by atomic mass is 9.91. The number of amides is 2. The first kappa shape index (κ1) is 43.8. The van der Waals surface area contributed by atoms with Crippen molar-refractivity contribution in [2.24, 2.45) is 17.3 Å². The first-order valence-corrected chi connectivity index (χ1v) is 20.1. The summed E-state index contributed by atoms with van der Waals surface area (Å²) in [6.07, 6.45) is 0.304. The van der Waals surface area contributed by atoms with Crippen molar-refractivity contribution in [2.75, 3.05) is 13.7 Å². The Morgan fingerprint density at radius 3 is 2.32 bits per heavy atom. The van der Waals surface area contributed by atoms with E-state index in [2.05, 4.69) is 10.6 Å². The second-order valence-electron chi connectivity index (χ2n) is 13.3. The lowest BCUT2D eigenvalue weighted by Crippen LogP contribution is -2.51. The molecule has 11 nitrogen and oxygen atoms in total. The summed E-state index contributed by atoms with van der Waals surface area (Å²) in [7, 11) is 2.65. The summed E-state index contributed by atoms with van der Waals surface area (Å²) in [5.41, 5.74) is 0.198. The molecule has 2 rings (SSSR count). The Labute approximate surface area is 316 Å². The van der Waals surface area contributed by atoms with Crippen molar-refractivity contribution in [1.29, 1.82) is 0 Å². The van der Waals surface area contributed by atoms with E-state index in [1.165, 1.54) is 13.2 Å². The predicted molar refractivity (Wildman–Crippen MR) is 203 cm³/mol. The van der Waals surface area contributed by atoms with E-state index in [4.69, 9.17) is 25.3 Å². The Morgan fingerprint density at radius 2 is 1.74 bits per heavy atom. The summed E-state index contributed by atoms with van der Waals surface area (Å²) in [4.78, 5) is 39.5. The fourth-order valence-corrected chi connectivity index (χ4v) is 6.43. The van der Waals surface area contributed by atoms with Crippen LogP contribution in [-0.2, 0) is 29.7 Å². The van der Waals surface area contributed by atoms with Gasteiger partial charge in [-0.05, 0) is 74.3 Å². The van der Waals surface area contributed by atoms with Crippen molar-refractivity contribution in [1.82, 2.24) is 10.6 Å². The van der Waals surface area contributed by atoms with E-state index in [1.54, 1.807) is 38.1 Å². The number of allylic oxidation sites excluding steroid dienone is 1. The zero-order valence-corrected chi connectivity index (χ0v) is 33.0. The molecule has 0 saturated carbocycles. The molecule has 2 aromatic carbocycles. The molecule has 5 atom stereocenters. The molecule has 278 valence electrons. The topological polar surface area (TPSA) is 164 Å². The van der Waals surface area contributed by atoms with E-state index in [-0.39, 0.29) is 31.2 Å². The van der Waals surface area contributed by atoms with Crippen molar-refractivity contribution in [3.63, 3.8) is 0 Å². The van der Waals surface area contributed by atoms with Gasteiger partial charge in [0.2, 0.25) is 11.8 Å². The maximum Gasteiger partial charge on any atom is 0.313 e. The summed E-state index contributed by atoms with van der Waals surface area (Å²) in [5.74, 6) is -1.29. The summed E-state index contributed by atoms with van der Waals surface area (Å²) in [5, 5.41) is 36.2. The van der Waals surface area contributed by atoms with Crippen LogP contribution in [0, 0.1) is 17.3 Å². The minimum absolute atomic E-state index is 0.0454. The molecule has 0 bridgehead atoms. The van der Waals surface area contributed by atoms with E-state index < -0.39 is 53.8 Å². The average molecular weight is 849 g/mol. The van der Waals surface area contributed by atoms with Crippen molar-refractivity contribution in [2.45, 2.75) is 90.9 Å². The monoisotopic (exact) mass is 848 g/mol. The van der Waals surface area contributed by atoms with Crippen LogP contribution in [-0.4, -0.2) is 71.3 Å². The number of esters is 1. The number of rotatable bonds is 21. The quantitative estimate of drug-likeness (QED) is 0.0338. The van der Waals surface area contributed by atoms with Crippen molar-refractivity contribution >= 4 is 59.8 Å². The number of carbonyl (C=O) groups is 3. The van der Waals surface area contributed by atoms with E-state index in [0.29, 0.717) is 29.2 Å². The average Bonchev–Trinajstić information content (AvgIpc) is 3.07. The van der Waals surface area contributed by atoms with Gasteiger partial charge >= 0.3 is 5.97 Å².